The van der Waals surface area contributed by atoms with Crippen LogP contribution in [-0.2, 0) is 23.0 Å². The minimum atomic E-state index is -3.36. The maximum absolute atomic E-state index is 11.9. The molecular weight excluding hydrogens is 384 g/mol. The number of para-hydroxylation sites is 1. The second-order valence-corrected chi connectivity index (χ2v) is 8.36. The molecule has 3 rings (SSSR count). The predicted octanol–water partition coefficient (Wildman–Crippen LogP) is 4.33. The fourth-order valence-corrected chi connectivity index (χ4v) is 3.58. The van der Waals surface area contributed by atoms with E-state index < -0.39 is 9.84 Å². The highest BCUT2D eigenvalue weighted by molar-refractivity contribution is 7.90. The third-order valence-corrected chi connectivity index (χ3v) is 5.40. The lowest BCUT2D eigenvalue weighted by atomic mass is 10.1. The molecule has 2 aromatic carbocycles. The van der Waals surface area contributed by atoms with Crippen LogP contribution < -0.4 is 10.1 Å². The Kier molecular flexibility index (Phi) is 5.98. The number of hydrogen-bond acceptors (Lipinski definition) is 5. The molecule has 0 aliphatic rings. The van der Waals surface area contributed by atoms with Gasteiger partial charge in [0.05, 0.1) is 5.02 Å². The average Bonchev–Trinajstić information content (AvgIpc) is 2.66. The molecule has 3 aromatic rings. The third-order valence-electron chi connectivity index (χ3n) is 3.95. The summed E-state index contributed by atoms with van der Waals surface area (Å²) in [6.07, 6.45) is 2.73. The molecule has 0 saturated carbocycles. The standard InChI is InChI=1S/C20H19ClN2O3S/c1-27(24,25)19-11-6-12-22-20(19)23-13-15-7-2-3-8-16(15)14-26-18-10-5-4-9-17(18)21/h2-12H,13-14H2,1H3,(H,22,23). The molecule has 0 fully saturated rings. The first-order valence-corrected chi connectivity index (χ1v) is 10.5. The number of hydrogen-bond donors (Lipinski definition) is 1. The van der Waals surface area contributed by atoms with Gasteiger partial charge in [-0.1, -0.05) is 48.0 Å². The summed E-state index contributed by atoms with van der Waals surface area (Å²) in [6.45, 7) is 0.768. The van der Waals surface area contributed by atoms with Crippen LogP contribution in [0.25, 0.3) is 0 Å². The molecule has 1 heterocycles. The molecule has 0 aliphatic heterocycles. The van der Waals surface area contributed by atoms with E-state index in [1.54, 1.807) is 18.3 Å². The van der Waals surface area contributed by atoms with Crippen LogP contribution in [0.2, 0.25) is 5.02 Å². The van der Waals surface area contributed by atoms with E-state index >= 15 is 0 Å². The summed E-state index contributed by atoms with van der Waals surface area (Å²) in [5.41, 5.74) is 1.96. The first-order valence-electron chi connectivity index (χ1n) is 8.28. The van der Waals surface area contributed by atoms with Crippen LogP contribution in [0, 0.1) is 0 Å². The molecule has 5 nitrogen and oxygen atoms in total. The molecule has 0 saturated heterocycles. The average molecular weight is 403 g/mol. The van der Waals surface area contributed by atoms with Crippen molar-refractivity contribution in [2.45, 2.75) is 18.0 Å². The van der Waals surface area contributed by atoms with Crippen molar-refractivity contribution in [3.63, 3.8) is 0 Å². The van der Waals surface area contributed by atoms with E-state index in [1.165, 1.54) is 12.3 Å². The number of benzene rings is 2. The van der Waals surface area contributed by atoms with Gasteiger partial charge in [-0.25, -0.2) is 13.4 Å². The first-order chi connectivity index (χ1) is 12.9. The number of pyridine rings is 1. The van der Waals surface area contributed by atoms with Crippen LogP contribution in [0.3, 0.4) is 0 Å². The molecule has 1 aromatic heterocycles. The van der Waals surface area contributed by atoms with Crippen LogP contribution >= 0.6 is 11.6 Å². The van der Waals surface area contributed by atoms with Gasteiger partial charge in [-0.2, -0.15) is 0 Å². The maximum atomic E-state index is 11.9. The lowest BCUT2D eigenvalue weighted by molar-refractivity contribution is 0.305. The first kappa shape index (κ1) is 19.2. The third kappa shape index (κ3) is 4.99. The van der Waals surface area contributed by atoms with Crippen molar-refractivity contribution in [1.29, 1.82) is 0 Å². The number of aromatic nitrogens is 1. The Morgan fingerprint density at radius 3 is 2.44 bits per heavy atom. The van der Waals surface area contributed by atoms with Crippen molar-refractivity contribution in [1.82, 2.24) is 4.98 Å². The Morgan fingerprint density at radius 1 is 1.00 bits per heavy atom. The largest absolute Gasteiger partial charge is 0.487 e. The summed E-state index contributed by atoms with van der Waals surface area (Å²) >= 11 is 6.13. The summed E-state index contributed by atoms with van der Waals surface area (Å²) in [7, 11) is -3.36. The molecular formula is C20H19ClN2O3S. The van der Waals surface area contributed by atoms with E-state index in [9.17, 15) is 8.42 Å². The Labute approximate surface area is 163 Å². The number of anilines is 1. The predicted molar refractivity (Wildman–Crippen MR) is 107 cm³/mol. The smallest absolute Gasteiger partial charge is 0.179 e. The normalized spacial score (nSPS) is 11.2. The van der Waals surface area contributed by atoms with Gasteiger partial charge in [-0.15, -0.1) is 0 Å². The lowest BCUT2D eigenvalue weighted by Crippen LogP contribution is -2.10. The molecule has 0 aliphatic carbocycles. The number of halogens is 1. The highest BCUT2D eigenvalue weighted by Gasteiger charge is 2.14. The number of nitrogens with zero attached hydrogens (tertiary/aromatic N) is 1. The van der Waals surface area contributed by atoms with Crippen LogP contribution in [0.1, 0.15) is 11.1 Å². The maximum Gasteiger partial charge on any atom is 0.179 e. The fourth-order valence-electron chi connectivity index (χ4n) is 2.59. The second kappa shape index (κ2) is 8.41. The minimum absolute atomic E-state index is 0.176. The Balaban J connectivity index is 1.75. The van der Waals surface area contributed by atoms with Crippen molar-refractivity contribution >= 4 is 27.3 Å². The van der Waals surface area contributed by atoms with Crippen molar-refractivity contribution in [2.75, 3.05) is 11.6 Å². The van der Waals surface area contributed by atoms with Crippen molar-refractivity contribution in [3.05, 3.63) is 83.0 Å². The van der Waals surface area contributed by atoms with Crippen molar-refractivity contribution in [2.24, 2.45) is 0 Å². The zero-order valence-electron chi connectivity index (χ0n) is 14.7. The number of rotatable bonds is 7. The Bertz CT molecular complexity index is 1040. The number of nitrogens with one attached hydrogen (secondary N) is 1. The molecule has 0 radical (unpaired) electrons. The summed E-state index contributed by atoms with van der Waals surface area (Å²) < 4.78 is 29.6. The molecule has 27 heavy (non-hydrogen) atoms. The SMILES string of the molecule is CS(=O)(=O)c1cccnc1NCc1ccccc1COc1ccccc1Cl. The topological polar surface area (TPSA) is 68.3 Å². The Hall–Kier alpha value is -2.57. The van der Waals surface area contributed by atoms with Gasteiger partial charge in [0.25, 0.3) is 0 Å². The zero-order valence-corrected chi connectivity index (χ0v) is 16.3. The second-order valence-electron chi connectivity index (χ2n) is 5.96. The quantitative estimate of drug-likeness (QED) is 0.637. The van der Waals surface area contributed by atoms with Gasteiger partial charge in [-0.05, 0) is 35.4 Å². The highest BCUT2D eigenvalue weighted by Crippen LogP contribution is 2.25. The molecule has 0 atom stereocenters. The van der Waals surface area contributed by atoms with Crippen molar-refractivity contribution in [3.8, 4) is 5.75 Å². The molecule has 1 N–H and O–H groups in total. The van der Waals surface area contributed by atoms with Crippen LogP contribution in [0.5, 0.6) is 5.75 Å². The molecule has 0 spiro atoms. The van der Waals surface area contributed by atoms with Gasteiger partial charge in [0.1, 0.15) is 23.1 Å². The summed E-state index contributed by atoms with van der Waals surface area (Å²) in [6, 6.07) is 18.2. The molecule has 7 heteroatoms. The highest BCUT2D eigenvalue weighted by atomic mass is 35.5. The van der Waals surface area contributed by atoms with Crippen molar-refractivity contribution < 1.29 is 13.2 Å². The molecule has 0 unspecified atom stereocenters. The van der Waals surface area contributed by atoms with Crippen LogP contribution in [0.15, 0.2) is 71.8 Å². The minimum Gasteiger partial charge on any atom is -0.487 e. The molecule has 0 bridgehead atoms. The van der Waals surface area contributed by atoms with E-state index in [4.69, 9.17) is 16.3 Å². The van der Waals surface area contributed by atoms with E-state index in [0.29, 0.717) is 29.7 Å². The van der Waals surface area contributed by atoms with Gasteiger partial charge in [0.15, 0.2) is 9.84 Å². The van der Waals surface area contributed by atoms with Gasteiger partial charge >= 0.3 is 0 Å². The van der Waals surface area contributed by atoms with Crippen LogP contribution in [-0.4, -0.2) is 19.7 Å². The lowest BCUT2D eigenvalue weighted by Gasteiger charge is -2.14. The summed E-state index contributed by atoms with van der Waals surface area (Å²) in [5.74, 6) is 0.952. The summed E-state index contributed by atoms with van der Waals surface area (Å²) in [5, 5.41) is 3.67. The fraction of sp³-hybridized carbons (Fsp3) is 0.150. The van der Waals surface area contributed by atoms with Gasteiger partial charge in [-0.3, -0.25) is 0 Å². The number of sulfone groups is 1. The van der Waals surface area contributed by atoms with E-state index in [2.05, 4.69) is 10.3 Å². The zero-order chi connectivity index (χ0) is 19.3. The van der Waals surface area contributed by atoms with Gasteiger partial charge < -0.3 is 10.1 Å². The van der Waals surface area contributed by atoms with Gasteiger partial charge in [0, 0.05) is 19.0 Å². The monoisotopic (exact) mass is 402 g/mol. The van der Waals surface area contributed by atoms with E-state index in [-0.39, 0.29) is 4.90 Å². The molecule has 140 valence electrons. The number of ether oxygens (including phenoxy) is 1. The molecule has 0 amide bonds. The Morgan fingerprint density at radius 2 is 1.70 bits per heavy atom. The van der Waals surface area contributed by atoms with E-state index in [1.807, 2.05) is 42.5 Å². The summed E-state index contributed by atoms with van der Waals surface area (Å²) in [4.78, 5) is 4.33. The van der Waals surface area contributed by atoms with E-state index in [0.717, 1.165) is 11.1 Å². The van der Waals surface area contributed by atoms with Gasteiger partial charge in [0.2, 0.25) is 0 Å². The van der Waals surface area contributed by atoms with Crippen LogP contribution in [0.4, 0.5) is 5.82 Å².